The normalized spacial score (nSPS) is 16.7. The summed E-state index contributed by atoms with van der Waals surface area (Å²) in [5, 5.41) is 33.4. The molecule has 5 rings (SSSR count). The topological polar surface area (TPSA) is 180 Å². The van der Waals surface area contributed by atoms with E-state index in [0.29, 0.717) is 25.6 Å². The van der Waals surface area contributed by atoms with Gasteiger partial charge >= 0.3 is 5.97 Å². The van der Waals surface area contributed by atoms with Crippen LogP contribution in [0.1, 0.15) is 82.1 Å². The van der Waals surface area contributed by atoms with Crippen LogP contribution in [0.5, 0.6) is 0 Å². The summed E-state index contributed by atoms with van der Waals surface area (Å²) in [6.45, 7) is 4.72. The number of para-hydroxylation sites is 1. The van der Waals surface area contributed by atoms with Gasteiger partial charge in [-0.2, -0.15) is 4.98 Å². The number of carbonyl (C=O) groups excluding carboxylic acids is 1. The Balaban J connectivity index is 1.03. The van der Waals surface area contributed by atoms with Gasteiger partial charge in [-0.1, -0.05) is 31.4 Å². The van der Waals surface area contributed by atoms with Gasteiger partial charge in [0.1, 0.15) is 11.6 Å². The molecule has 2 fully saturated rings. The van der Waals surface area contributed by atoms with E-state index in [0.717, 1.165) is 86.0 Å². The van der Waals surface area contributed by atoms with Gasteiger partial charge in [0.2, 0.25) is 11.9 Å². The molecule has 256 valence electrons. The number of aliphatic hydroxyl groups is 1. The number of carbonyl (C=O) groups is 2. The highest BCUT2D eigenvalue weighted by Crippen LogP contribution is 2.25. The second-order valence-electron chi connectivity index (χ2n) is 12.8. The summed E-state index contributed by atoms with van der Waals surface area (Å²) in [4.78, 5) is 42.6. The molecule has 1 saturated carbocycles. The van der Waals surface area contributed by atoms with E-state index in [2.05, 4.69) is 31.2 Å². The maximum absolute atomic E-state index is 12.5. The largest absolute Gasteiger partial charge is 0.479 e. The Morgan fingerprint density at radius 3 is 2.57 bits per heavy atom. The molecule has 0 bridgehead atoms. The maximum Gasteiger partial charge on any atom is 0.332 e. The number of fused-ring (bicyclic) bond motifs is 1. The lowest BCUT2D eigenvalue weighted by Crippen LogP contribution is -2.42. The lowest BCUT2D eigenvalue weighted by atomic mass is 9.95. The molecule has 13 nitrogen and oxygen atoms in total. The van der Waals surface area contributed by atoms with Crippen LogP contribution in [0.15, 0.2) is 30.5 Å². The van der Waals surface area contributed by atoms with Crippen LogP contribution in [0, 0.1) is 0 Å². The number of likely N-dealkylation sites (tertiary alicyclic amines) is 1. The molecule has 47 heavy (non-hydrogen) atoms. The molecular weight excluding hydrogens is 598 g/mol. The molecule has 1 aliphatic heterocycles. The Kier molecular flexibility index (Phi) is 13.2. The van der Waals surface area contributed by atoms with Crippen molar-refractivity contribution >= 4 is 34.5 Å². The van der Waals surface area contributed by atoms with Crippen LogP contribution in [-0.2, 0) is 22.6 Å². The van der Waals surface area contributed by atoms with E-state index in [4.69, 9.17) is 15.1 Å². The molecule has 2 aromatic heterocycles. The fourth-order valence-electron chi connectivity index (χ4n) is 6.41. The van der Waals surface area contributed by atoms with Crippen molar-refractivity contribution in [3.05, 3.63) is 42.0 Å². The van der Waals surface area contributed by atoms with Crippen LogP contribution in [0.2, 0.25) is 0 Å². The molecule has 0 spiro atoms. The number of imidazole rings is 1. The predicted molar refractivity (Wildman–Crippen MR) is 182 cm³/mol. The fraction of sp³-hybridized carbons (Fsp3) is 0.618. The third-order valence-electron chi connectivity index (χ3n) is 9.17. The predicted octanol–water partition coefficient (Wildman–Crippen LogP) is 3.43. The van der Waals surface area contributed by atoms with Gasteiger partial charge in [-0.15, -0.1) is 0 Å². The first-order valence-corrected chi connectivity index (χ1v) is 17.4. The first-order valence-electron chi connectivity index (χ1n) is 17.4. The van der Waals surface area contributed by atoms with Crippen molar-refractivity contribution in [2.45, 2.75) is 102 Å². The standard InChI is InChI=1S/C34H51N9O4/c44-29(33(46)47)13-14-31(45)43-20-15-25(16-21-43)40-32-27-11-4-5-12-28(27)41-34(42-32)38-23-30-37-22-26(39-30)10-6-17-35-18-7-19-36-24-8-2-1-3-9-24/h4-5,11-12,22,24-25,29,35-36,44H,1-3,6-10,13-21,23H2,(H,37,39)(H,46,47)(H2,38,40,41,42)/t29-/m0/s1. The van der Waals surface area contributed by atoms with E-state index < -0.39 is 12.1 Å². The Hall–Kier alpha value is -3.81. The SMILES string of the molecule is O=C(O)[C@@H](O)CCC(=O)N1CCC(Nc2nc(NCc3ncc(CCCNCCCNC4CCCCC4)[nH]3)nc3ccccc23)CC1. The molecule has 1 saturated heterocycles. The quantitative estimate of drug-likeness (QED) is 0.100. The Morgan fingerprint density at radius 2 is 1.77 bits per heavy atom. The van der Waals surface area contributed by atoms with Gasteiger partial charge in [-0.25, -0.2) is 14.8 Å². The highest BCUT2D eigenvalue weighted by molar-refractivity contribution is 5.90. The molecule has 3 aromatic rings. The van der Waals surface area contributed by atoms with Crippen LogP contribution in [-0.4, -0.2) is 97.8 Å². The zero-order chi connectivity index (χ0) is 32.8. The lowest BCUT2D eigenvalue weighted by molar-refractivity contribution is -0.147. The van der Waals surface area contributed by atoms with Crippen molar-refractivity contribution in [2.24, 2.45) is 0 Å². The van der Waals surface area contributed by atoms with E-state index >= 15 is 0 Å². The second-order valence-corrected chi connectivity index (χ2v) is 12.8. The summed E-state index contributed by atoms with van der Waals surface area (Å²) in [6, 6.07) is 8.73. The molecule has 0 radical (unpaired) electrons. The molecule has 1 aliphatic carbocycles. The first kappa shape index (κ1) is 34.5. The summed E-state index contributed by atoms with van der Waals surface area (Å²) < 4.78 is 0. The number of aryl methyl sites for hydroxylation is 1. The summed E-state index contributed by atoms with van der Waals surface area (Å²) >= 11 is 0. The van der Waals surface area contributed by atoms with Crippen molar-refractivity contribution < 1.29 is 19.8 Å². The molecule has 1 aromatic carbocycles. The number of aliphatic hydroxyl groups excluding tert-OH is 1. The zero-order valence-corrected chi connectivity index (χ0v) is 27.3. The van der Waals surface area contributed by atoms with E-state index in [-0.39, 0.29) is 24.8 Å². The lowest BCUT2D eigenvalue weighted by Gasteiger charge is -2.33. The second kappa shape index (κ2) is 17.9. The molecule has 2 aliphatic rings. The Morgan fingerprint density at radius 1 is 0.979 bits per heavy atom. The van der Waals surface area contributed by atoms with Gasteiger partial charge in [-0.05, 0) is 83.1 Å². The number of anilines is 2. The first-order chi connectivity index (χ1) is 22.9. The minimum absolute atomic E-state index is 0.0178. The van der Waals surface area contributed by atoms with Crippen molar-refractivity contribution in [3.8, 4) is 0 Å². The number of carboxylic acids is 1. The average molecular weight is 650 g/mol. The van der Waals surface area contributed by atoms with Gasteiger partial charge in [0.05, 0.1) is 12.1 Å². The number of H-pyrrole nitrogens is 1. The molecular formula is C34H51N9O4. The number of nitrogens with one attached hydrogen (secondary N) is 5. The monoisotopic (exact) mass is 649 g/mol. The smallest absolute Gasteiger partial charge is 0.332 e. The van der Waals surface area contributed by atoms with E-state index in [1.807, 2.05) is 30.5 Å². The third-order valence-corrected chi connectivity index (χ3v) is 9.17. The molecule has 3 heterocycles. The van der Waals surface area contributed by atoms with Gasteiger partial charge in [0.15, 0.2) is 6.10 Å². The minimum Gasteiger partial charge on any atom is -0.479 e. The van der Waals surface area contributed by atoms with Gasteiger partial charge in [0, 0.05) is 48.9 Å². The van der Waals surface area contributed by atoms with Crippen molar-refractivity contribution in [3.63, 3.8) is 0 Å². The van der Waals surface area contributed by atoms with Crippen LogP contribution in [0.3, 0.4) is 0 Å². The number of amides is 1. The zero-order valence-electron chi connectivity index (χ0n) is 27.3. The van der Waals surface area contributed by atoms with Crippen LogP contribution in [0.4, 0.5) is 11.8 Å². The van der Waals surface area contributed by atoms with Crippen LogP contribution >= 0.6 is 0 Å². The number of aromatic nitrogens is 4. The summed E-state index contributed by atoms with van der Waals surface area (Å²) in [7, 11) is 0. The third kappa shape index (κ3) is 10.9. The number of hydrogen-bond acceptors (Lipinski definition) is 10. The number of nitrogens with zero attached hydrogens (tertiary/aromatic N) is 4. The van der Waals surface area contributed by atoms with E-state index in [9.17, 15) is 14.7 Å². The van der Waals surface area contributed by atoms with Crippen molar-refractivity contribution in [1.29, 1.82) is 0 Å². The highest BCUT2D eigenvalue weighted by atomic mass is 16.4. The Bertz CT molecular complexity index is 1420. The van der Waals surface area contributed by atoms with Gasteiger partial charge < -0.3 is 41.4 Å². The van der Waals surface area contributed by atoms with E-state index in [1.54, 1.807) is 4.90 Å². The number of rotatable bonds is 18. The molecule has 7 N–H and O–H groups in total. The van der Waals surface area contributed by atoms with Crippen LogP contribution in [0.25, 0.3) is 10.9 Å². The number of piperidine rings is 1. The van der Waals surface area contributed by atoms with Crippen LogP contribution < -0.4 is 21.3 Å². The minimum atomic E-state index is -1.51. The number of aliphatic carboxylic acids is 1. The van der Waals surface area contributed by atoms with Crippen molar-refractivity contribution in [2.75, 3.05) is 43.4 Å². The van der Waals surface area contributed by atoms with Crippen molar-refractivity contribution in [1.82, 2.24) is 35.5 Å². The Labute approximate surface area is 276 Å². The molecule has 1 atom stereocenters. The summed E-state index contributed by atoms with van der Waals surface area (Å²) in [5.41, 5.74) is 1.95. The summed E-state index contributed by atoms with van der Waals surface area (Å²) in [5.74, 6) is 0.651. The molecule has 1 amide bonds. The number of hydrogen-bond donors (Lipinski definition) is 7. The molecule has 13 heteroatoms. The van der Waals surface area contributed by atoms with E-state index in [1.165, 1.54) is 32.1 Å². The fourth-order valence-corrected chi connectivity index (χ4v) is 6.41. The molecule has 0 unspecified atom stereocenters. The maximum atomic E-state index is 12.5. The van der Waals surface area contributed by atoms with Gasteiger partial charge in [0.25, 0.3) is 0 Å². The number of aromatic amines is 1. The average Bonchev–Trinajstić information content (AvgIpc) is 3.55. The number of carboxylic acid groups (broad SMARTS) is 1. The number of benzene rings is 1. The highest BCUT2D eigenvalue weighted by Gasteiger charge is 2.25. The summed E-state index contributed by atoms with van der Waals surface area (Å²) in [6.07, 6.45) is 11.8. The van der Waals surface area contributed by atoms with Gasteiger partial charge in [-0.3, -0.25) is 4.79 Å².